The van der Waals surface area contributed by atoms with Crippen molar-refractivity contribution in [2.75, 3.05) is 0 Å². The minimum atomic E-state index is -0.829. The van der Waals surface area contributed by atoms with Gasteiger partial charge < -0.3 is 10.4 Å². The molecular formula is C22H35NO2. The standard InChI is InChI=1S/C22H35NO2/c1-3-4-5-6-7-8-9-10-11-12-13-14-15-16-17-18-19-20-22(25)23-21(2)24/h11-21,24H,3-10H2,1-2H3,(H,23,25)/b12-11+,14-13+,16-15+,18-17+,20-19+. The topological polar surface area (TPSA) is 49.3 Å². The summed E-state index contributed by atoms with van der Waals surface area (Å²) in [4.78, 5) is 11.2. The normalized spacial score (nSPS) is 13.9. The van der Waals surface area contributed by atoms with Crippen molar-refractivity contribution in [2.24, 2.45) is 0 Å². The lowest BCUT2D eigenvalue weighted by molar-refractivity contribution is -0.119. The molecule has 0 fully saturated rings. The van der Waals surface area contributed by atoms with Crippen LogP contribution >= 0.6 is 0 Å². The van der Waals surface area contributed by atoms with Gasteiger partial charge in [-0.2, -0.15) is 0 Å². The average Bonchev–Trinajstić information content (AvgIpc) is 2.57. The van der Waals surface area contributed by atoms with Crippen LogP contribution in [0.1, 0.15) is 65.2 Å². The van der Waals surface area contributed by atoms with Crippen LogP contribution in [0.5, 0.6) is 0 Å². The molecule has 140 valence electrons. The zero-order chi connectivity index (χ0) is 18.6. The van der Waals surface area contributed by atoms with Gasteiger partial charge in [-0.25, -0.2) is 0 Å². The van der Waals surface area contributed by atoms with Gasteiger partial charge in [0.05, 0.1) is 0 Å². The summed E-state index contributed by atoms with van der Waals surface area (Å²) in [6.45, 7) is 3.75. The summed E-state index contributed by atoms with van der Waals surface area (Å²) >= 11 is 0. The van der Waals surface area contributed by atoms with Crippen molar-refractivity contribution in [3.05, 3.63) is 60.8 Å². The van der Waals surface area contributed by atoms with Gasteiger partial charge >= 0.3 is 0 Å². The molecular weight excluding hydrogens is 310 g/mol. The number of aliphatic hydroxyl groups is 1. The minimum Gasteiger partial charge on any atom is -0.374 e. The molecule has 0 aliphatic carbocycles. The molecule has 0 saturated heterocycles. The second kappa shape index (κ2) is 18.5. The Bertz CT molecular complexity index is 457. The lowest BCUT2D eigenvalue weighted by Gasteiger charge is -2.02. The van der Waals surface area contributed by atoms with Gasteiger partial charge in [0, 0.05) is 6.08 Å². The van der Waals surface area contributed by atoms with E-state index in [0.29, 0.717) is 0 Å². The van der Waals surface area contributed by atoms with E-state index in [0.717, 1.165) is 6.42 Å². The van der Waals surface area contributed by atoms with Gasteiger partial charge in [-0.05, 0) is 19.8 Å². The number of hydrogen-bond donors (Lipinski definition) is 2. The largest absolute Gasteiger partial charge is 0.374 e. The molecule has 25 heavy (non-hydrogen) atoms. The summed E-state index contributed by atoms with van der Waals surface area (Å²) in [7, 11) is 0. The van der Waals surface area contributed by atoms with Gasteiger partial charge in [0.2, 0.25) is 5.91 Å². The summed E-state index contributed by atoms with van der Waals surface area (Å²) in [6.07, 6.45) is 28.6. The van der Waals surface area contributed by atoms with Crippen molar-refractivity contribution < 1.29 is 9.90 Å². The van der Waals surface area contributed by atoms with Crippen LogP contribution in [0.25, 0.3) is 0 Å². The number of rotatable bonds is 14. The van der Waals surface area contributed by atoms with Gasteiger partial charge in [0.25, 0.3) is 0 Å². The fourth-order valence-electron chi connectivity index (χ4n) is 2.18. The summed E-state index contributed by atoms with van der Waals surface area (Å²) in [5.41, 5.74) is 0. The highest BCUT2D eigenvalue weighted by atomic mass is 16.3. The number of allylic oxidation sites excluding steroid dienone is 9. The van der Waals surface area contributed by atoms with Crippen molar-refractivity contribution in [1.82, 2.24) is 5.32 Å². The van der Waals surface area contributed by atoms with E-state index in [1.54, 1.807) is 12.2 Å². The Labute approximate surface area is 153 Å². The Balaban J connectivity index is 3.63. The van der Waals surface area contributed by atoms with E-state index >= 15 is 0 Å². The van der Waals surface area contributed by atoms with Crippen LogP contribution < -0.4 is 5.32 Å². The molecule has 3 nitrogen and oxygen atoms in total. The molecule has 1 amide bonds. The Hall–Kier alpha value is -1.87. The Kier molecular flexibility index (Phi) is 17.1. The first kappa shape index (κ1) is 23.1. The molecule has 0 saturated carbocycles. The molecule has 0 aromatic carbocycles. The highest BCUT2D eigenvalue weighted by Gasteiger charge is 1.96. The van der Waals surface area contributed by atoms with Crippen LogP contribution in [0.2, 0.25) is 0 Å². The number of carbonyl (C=O) groups excluding carboxylic acids is 1. The molecule has 1 unspecified atom stereocenters. The molecule has 0 radical (unpaired) electrons. The minimum absolute atomic E-state index is 0.311. The third-order valence-corrected chi connectivity index (χ3v) is 3.49. The Morgan fingerprint density at radius 2 is 1.36 bits per heavy atom. The quantitative estimate of drug-likeness (QED) is 0.193. The van der Waals surface area contributed by atoms with Crippen molar-refractivity contribution in [1.29, 1.82) is 0 Å². The molecule has 0 heterocycles. The SMILES string of the molecule is CCCCCCCCC/C=C/C=C/C=C/C=C/C=C/C(=O)NC(C)O. The Morgan fingerprint density at radius 3 is 1.96 bits per heavy atom. The predicted molar refractivity (Wildman–Crippen MR) is 108 cm³/mol. The fourth-order valence-corrected chi connectivity index (χ4v) is 2.18. The summed E-state index contributed by atoms with van der Waals surface area (Å²) in [5.74, 6) is -0.311. The molecule has 0 spiro atoms. The van der Waals surface area contributed by atoms with Gasteiger partial charge in [-0.3, -0.25) is 4.79 Å². The third-order valence-electron chi connectivity index (χ3n) is 3.49. The molecule has 0 aromatic heterocycles. The lowest BCUT2D eigenvalue weighted by Crippen LogP contribution is -2.30. The molecule has 0 bridgehead atoms. The summed E-state index contributed by atoms with van der Waals surface area (Å²) in [5, 5.41) is 11.3. The number of hydrogen-bond acceptors (Lipinski definition) is 2. The molecule has 0 aliphatic heterocycles. The fraction of sp³-hybridized carbons (Fsp3) is 0.500. The lowest BCUT2D eigenvalue weighted by atomic mass is 10.1. The first-order valence-electron chi connectivity index (χ1n) is 9.48. The number of aliphatic hydroxyl groups excluding tert-OH is 1. The van der Waals surface area contributed by atoms with Crippen LogP contribution in [0.4, 0.5) is 0 Å². The van der Waals surface area contributed by atoms with Crippen molar-refractivity contribution in [3.63, 3.8) is 0 Å². The number of nitrogens with one attached hydrogen (secondary N) is 1. The van der Waals surface area contributed by atoms with Gasteiger partial charge in [-0.1, -0.05) is 100 Å². The van der Waals surface area contributed by atoms with Crippen molar-refractivity contribution in [2.45, 2.75) is 71.4 Å². The molecule has 3 heteroatoms. The third kappa shape index (κ3) is 20.1. The first-order chi connectivity index (χ1) is 12.2. The number of unbranched alkanes of at least 4 members (excludes halogenated alkanes) is 7. The maximum absolute atomic E-state index is 11.2. The maximum Gasteiger partial charge on any atom is 0.245 e. The van der Waals surface area contributed by atoms with E-state index < -0.39 is 6.23 Å². The van der Waals surface area contributed by atoms with Gasteiger partial charge in [0.1, 0.15) is 6.23 Å². The number of amides is 1. The molecule has 0 aliphatic rings. The Morgan fingerprint density at radius 1 is 0.840 bits per heavy atom. The van der Waals surface area contributed by atoms with E-state index in [1.165, 1.54) is 57.9 Å². The van der Waals surface area contributed by atoms with Crippen LogP contribution in [0.15, 0.2) is 60.8 Å². The van der Waals surface area contributed by atoms with Crippen molar-refractivity contribution >= 4 is 5.91 Å². The summed E-state index contributed by atoms with van der Waals surface area (Å²) in [6, 6.07) is 0. The van der Waals surface area contributed by atoms with E-state index in [2.05, 4.69) is 24.4 Å². The van der Waals surface area contributed by atoms with Crippen LogP contribution in [0.3, 0.4) is 0 Å². The van der Waals surface area contributed by atoms with Crippen molar-refractivity contribution in [3.8, 4) is 0 Å². The summed E-state index contributed by atoms with van der Waals surface area (Å²) < 4.78 is 0. The van der Waals surface area contributed by atoms with Crippen LogP contribution in [-0.2, 0) is 4.79 Å². The zero-order valence-corrected chi connectivity index (χ0v) is 15.9. The zero-order valence-electron chi connectivity index (χ0n) is 15.9. The average molecular weight is 346 g/mol. The molecule has 0 aromatic rings. The highest BCUT2D eigenvalue weighted by molar-refractivity contribution is 5.87. The smallest absolute Gasteiger partial charge is 0.245 e. The molecule has 2 N–H and O–H groups in total. The van der Waals surface area contributed by atoms with Gasteiger partial charge in [0.15, 0.2) is 0 Å². The van der Waals surface area contributed by atoms with E-state index in [-0.39, 0.29) is 5.91 Å². The molecule has 0 rings (SSSR count). The second-order valence-electron chi connectivity index (χ2n) is 6.04. The monoisotopic (exact) mass is 345 g/mol. The molecule has 1 atom stereocenters. The second-order valence-corrected chi connectivity index (χ2v) is 6.04. The van der Waals surface area contributed by atoms with Crippen LogP contribution in [-0.4, -0.2) is 17.2 Å². The maximum atomic E-state index is 11.2. The predicted octanol–water partition coefficient (Wildman–Crippen LogP) is 5.36. The first-order valence-corrected chi connectivity index (χ1v) is 9.48. The van der Waals surface area contributed by atoms with Gasteiger partial charge in [-0.15, -0.1) is 0 Å². The van der Waals surface area contributed by atoms with E-state index in [1.807, 2.05) is 30.4 Å². The van der Waals surface area contributed by atoms with Crippen LogP contribution in [0, 0.1) is 0 Å². The van der Waals surface area contributed by atoms with E-state index in [9.17, 15) is 4.79 Å². The highest BCUT2D eigenvalue weighted by Crippen LogP contribution is 2.08. The number of carbonyl (C=O) groups is 1. The van der Waals surface area contributed by atoms with E-state index in [4.69, 9.17) is 5.11 Å².